The third kappa shape index (κ3) is 5.46. The fraction of sp³-hybridized carbons (Fsp3) is 0.375. The smallest absolute Gasteiger partial charge is 0.226 e. The number of benzene rings is 1. The lowest BCUT2D eigenvalue weighted by Gasteiger charge is -2.04. The minimum Gasteiger partial charge on any atom is -0.486 e. The molecular weight excluding hydrogens is 300 g/mol. The molecule has 0 spiro atoms. The lowest BCUT2D eigenvalue weighted by Crippen LogP contribution is -2.26. The normalized spacial score (nSPS) is 10.5. The van der Waals surface area contributed by atoms with Crippen LogP contribution in [0, 0.1) is 6.92 Å². The number of ether oxygens (including phenoxy) is 1. The average Bonchev–Trinajstić information content (AvgIpc) is 2.94. The lowest BCUT2D eigenvalue weighted by molar-refractivity contribution is -0.120. The van der Waals surface area contributed by atoms with E-state index in [-0.39, 0.29) is 18.9 Å². The van der Waals surface area contributed by atoms with Gasteiger partial charge in [0.05, 0.1) is 12.1 Å². The van der Waals surface area contributed by atoms with Crippen LogP contribution in [-0.2, 0) is 17.8 Å². The molecule has 1 amide bonds. The van der Waals surface area contributed by atoms with Gasteiger partial charge in [0, 0.05) is 18.5 Å². The van der Waals surface area contributed by atoms with Crippen molar-refractivity contribution in [3.63, 3.8) is 0 Å². The summed E-state index contributed by atoms with van der Waals surface area (Å²) < 4.78 is 5.66. The van der Waals surface area contributed by atoms with Crippen molar-refractivity contribution in [2.75, 3.05) is 13.2 Å². The number of aliphatic hydroxyl groups is 1. The first kappa shape index (κ1) is 16.5. The van der Waals surface area contributed by atoms with Crippen LogP contribution in [0.2, 0.25) is 0 Å². The Morgan fingerprint density at radius 1 is 1.36 bits per heavy atom. The molecule has 2 rings (SSSR count). The highest BCUT2D eigenvalue weighted by molar-refractivity contribution is 7.09. The first-order valence-electron chi connectivity index (χ1n) is 7.17. The monoisotopic (exact) mass is 320 g/mol. The lowest BCUT2D eigenvalue weighted by atomic mass is 10.2. The highest BCUT2D eigenvalue weighted by Gasteiger charge is 2.08. The van der Waals surface area contributed by atoms with Gasteiger partial charge in [-0.25, -0.2) is 4.98 Å². The summed E-state index contributed by atoms with van der Waals surface area (Å²) >= 11 is 1.49. The van der Waals surface area contributed by atoms with E-state index in [2.05, 4.69) is 10.3 Å². The molecule has 1 aromatic carbocycles. The standard InChI is InChI=1S/C16H20N2O3S/c1-12-3-5-14(6-4-12)21-10-16-18-13(11-22-16)9-15(20)17-7-2-8-19/h3-6,11,19H,2,7-10H2,1H3,(H,17,20). The summed E-state index contributed by atoms with van der Waals surface area (Å²) in [5.41, 5.74) is 1.94. The maximum atomic E-state index is 11.6. The molecule has 6 heteroatoms. The van der Waals surface area contributed by atoms with Gasteiger partial charge in [0.2, 0.25) is 5.91 Å². The zero-order valence-electron chi connectivity index (χ0n) is 12.5. The highest BCUT2D eigenvalue weighted by atomic mass is 32.1. The Morgan fingerprint density at radius 3 is 2.86 bits per heavy atom. The number of carbonyl (C=O) groups excluding carboxylic acids is 1. The zero-order valence-corrected chi connectivity index (χ0v) is 13.4. The third-order valence-electron chi connectivity index (χ3n) is 2.98. The number of thiazole rings is 1. The van der Waals surface area contributed by atoms with E-state index >= 15 is 0 Å². The van der Waals surface area contributed by atoms with E-state index in [1.165, 1.54) is 16.9 Å². The van der Waals surface area contributed by atoms with Crippen molar-refractivity contribution in [1.29, 1.82) is 0 Å². The van der Waals surface area contributed by atoms with Crippen molar-refractivity contribution in [2.45, 2.75) is 26.4 Å². The molecule has 2 N–H and O–H groups in total. The minimum atomic E-state index is -0.0789. The first-order chi connectivity index (χ1) is 10.7. The Labute approximate surface area is 134 Å². The second kappa shape index (κ2) is 8.51. The van der Waals surface area contributed by atoms with Gasteiger partial charge >= 0.3 is 0 Å². The van der Waals surface area contributed by atoms with Crippen LogP contribution in [0.5, 0.6) is 5.75 Å². The molecule has 0 saturated carbocycles. The number of rotatable bonds is 8. The van der Waals surface area contributed by atoms with Gasteiger partial charge in [0.1, 0.15) is 17.4 Å². The van der Waals surface area contributed by atoms with Crippen molar-refractivity contribution in [2.24, 2.45) is 0 Å². The molecule has 0 aliphatic carbocycles. The van der Waals surface area contributed by atoms with Crippen molar-refractivity contribution in [3.05, 3.63) is 45.9 Å². The Bertz CT molecular complexity index is 596. The molecular formula is C16H20N2O3S. The van der Waals surface area contributed by atoms with Gasteiger partial charge in [0.15, 0.2) is 0 Å². The Hall–Kier alpha value is -1.92. The molecule has 0 aliphatic rings. The van der Waals surface area contributed by atoms with E-state index in [1.807, 2.05) is 36.6 Å². The van der Waals surface area contributed by atoms with Crippen molar-refractivity contribution < 1.29 is 14.6 Å². The maximum absolute atomic E-state index is 11.6. The minimum absolute atomic E-state index is 0.0789. The highest BCUT2D eigenvalue weighted by Crippen LogP contribution is 2.16. The molecule has 0 radical (unpaired) electrons. The number of nitrogens with zero attached hydrogens (tertiary/aromatic N) is 1. The molecule has 5 nitrogen and oxygen atoms in total. The number of aliphatic hydroxyl groups excluding tert-OH is 1. The zero-order chi connectivity index (χ0) is 15.8. The Balaban J connectivity index is 1.78. The first-order valence-corrected chi connectivity index (χ1v) is 8.05. The SMILES string of the molecule is Cc1ccc(OCc2nc(CC(=O)NCCCO)cs2)cc1. The topological polar surface area (TPSA) is 71.5 Å². The second-order valence-electron chi connectivity index (χ2n) is 4.94. The van der Waals surface area contributed by atoms with Gasteiger partial charge in [-0.3, -0.25) is 4.79 Å². The van der Waals surface area contributed by atoms with Crippen LogP contribution >= 0.6 is 11.3 Å². The van der Waals surface area contributed by atoms with E-state index in [0.717, 1.165) is 16.5 Å². The molecule has 1 aromatic heterocycles. The largest absolute Gasteiger partial charge is 0.486 e. The van der Waals surface area contributed by atoms with E-state index in [9.17, 15) is 4.79 Å². The van der Waals surface area contributed by atoms with E-state index in [4.69, 9.17) is 9.84 Å². The third-order valence-corrected chi connectivity index (χ3v) is 3.85. The molecule has 118 valence electrons. The summed E-state index contributed by atoms with van der Waals surface area (Å²) in [4.78, 5) is 16.0. The van der Waals surface area contributed by atoms with Crippen LogP contribution in [-0.4, -0.2) is 29.1 Å². The predicted octanol–water partition coefficient (Wildman–Crippen LogP) is 2.07. The number of amides is 1. The molecule has 0 atom stereocenters. The molecule has 0 aliphatic heterocycles. The fourth-order valence-electron chi connectivity index (χ4n) is 1.81. The summed E-state index contributed by atoms with van der Waals surface area (Å²) in [6.45, 7) is 3.00. The summed E-state index contributed by atoms with van der Waals surface area (Å²) in [5.74, 6) is 0.730. The fourth-order valence-corrected chi connectivity index (χ4v) is 2.51. The van der Waals surface area contributed by atoms with Crippen LogP contribution in [0.1, 0.15) is 22.7 Å². The number of aromatic nitrogens is 1. The quantitative estimate of drug-likeness (QED) is 0.731. The number of hydrogen-bond donors (Lipinski definition) is 2. The number of nitrogens with one attached hydrogen (secondary N) is 1. The van der Waals surface area contributed by atoms with Gasteiger partial charge in [-0.1, -0.05) is 17.7 Å². The molecule has 22 heavy (non-hydrogen) atoms. The Kier molecular flexibility index (Phi) is 6.36. The molecule has 0 saturated heterocycles. The van der Waals surface area contributed by atoms with E-state index < -0.39 is 0 Å². The van der Waals surface area contributed by atoms with Gasteiger partial charge in [-0.05, 0) is 25.5 Å². The van der Waals surface area contributed by atoms with Crippen molar-refractivity contribution in [1.82, 2.24) is 10.3 Å². The van der Waals surface area contributed by atoms with Crippen LogP contribution in [0.3, 0.4) is 0 Å². The molecule has 2 aromatic rings. The summed E-state index contributed by atoms with van der Waals surface area (Å²) in [6.07, 6.45) is 0.824. The average molecular weight is 320 g/mol. The van der Waals surface area contributed by atoms with Gasteiger partial charge < -0.3 is 15.2 Å². The van der Waals surface area contributed by atoms with Gasteiger partial charge in [-0.15, -0.1) is 11.3 Å². The molecule has 0 bridgehead atoms. The maximum Gasteiger partial charge on any atom is 0.226 e. The van der Waals surface area contributed by atoms with Gasteiger partial charge in [0.25, 0.3) is 0 Å². The summed E-state index contributed by atoms with van der Waals surface area (Å²) in [7, 11) is 0. The van der Waals surface area contributed by atoms with Crippen LogP contribution in [0.4, 0.5) is 0 Å². The van der Waals surface area contributed by atoms with Crippen LogP contribution < -0.4 is 10.1 Å². The Morgan fingerprint density at radius 2 is 2.14 bits per heavy atom. The van der Waals surface area contributed by atoms with Crippen molar-refractivity contribution in [3.8, 4) is 5.75 Å². The van der Waals surface area contributed by atoms with Crippen LogP contribution in [0.15, 0.2) is 29.6 Å². The number of carbonyl (C=O) groups is 1. The predicted molar refractivity (Wildman–Crippen MR) is 86.0 cm³/mol. The van der Waals surface area contributed by atoms with Crippen molar-refractivity contribution >= 4 is 17.2 Å². The number of aryl methyl sites for hydroxylation is 1. The summed E-state index contributed by atoms with van der Waals surface area (Å²) in [5, 5.41) is 14.1. The van der Waals surface area contributed by atoms with E-state index in [1.54, 1.807) is 0 Å². The summed E-state index contributed by atoms with van der Waals surface area (Å²) in [6, 6.07) is 7.86. The molecule has 0 unspecified atom stereocenters. The van der Waals surface area contributed by atoms with Crippen LogP contribution in [0.25, 0.3) is 0 Å². The number of hydrogen-bond acceptors (Lipinski definition) is 5. The van der Waals surface area contributed by atoms with Gasteiger partial charge in [-0.2, -0.15) is 0 Å². The molecule has 1 heterocycles. The molecule has 0 fully saturated rings. The van der Waals surface area contributed by atoms with E-state index in [0.29, 0.717) is 19.6 Å². The second-order valence-corrected chi connectivity index (χ2v) is 5.88.